The predicted molar refractivity (Wildman–Crippen MR) is 104 cm³/mol. The molecule has 2 aromatic rings. The molecule has 28 heavy (non-hydrogen) atoms. The van der Waals surface area contributed by atoms with Gasteiger partial charge in [0.1, 0.15) is 11.6 Å². The van der Waals surface area contributed by atoms with E-state index in [1.807, 2.05) is 19.0 Å². The molecule has 1 aromatic heterocycles. The van der Waals surface area contributed by atoms with E-state index in [-0.39, 0.29) is 36.1 Å². The predicted octanol–water partition coefficient (Wildman–Crippen LogP) is 2.48. The van der Waals surface area contributed by atoms with Gasteiger partial charge in [-0.3, -0.25) is 9.69 Å². The van der Waals surface area contributed by atoms with Crippen molar-refractivity contribution in [1.29, 1.82) is 0 Å². The summed E-state index contributed by atoms with van der Waals surface area (Å²) in [5.41, 5.74) is -0.315. The molecule has 0 aliphatic carbocycles. The monoisotopic (exact) mass is 411 g/mol. The highest BCUT2D eigenvalue weighted by Crippen LogP contribution is 2.21. The second kappa shape index (κ2) is 9.31. The Morgan fingerprint density at radius 2 is 1.89 bits per heavy atom. The van der Waals surface area contributed by atoms with E-state index in [4.69, 9.17) is 4.42 Å². The van der Waals surface area contributed by atoms with Crippen LogP contribution >= 0.6 is 0 Å². The Kier molecular flexibility index (Phi) is 7.34. The number of carbonyl (C=O) groups excluding carboxylic acids is 1. The molecule has 1 amide bonds. The molecule has 1 unspecified atom stereocenters. The third-order valence-corrected chi connectivity index (χ3v) is 6.52. The molecule has 0 saturated carbocycles. The first-order valence-electron chi connectivity index (χ1n) is 9.00. The molecule has 154 valence electrons. The molecule has 1 atom stereocenters. The number of nitrogens with zero attached hydrogens (tertiary/aromatic N) is 2. The Hall–Kier alpha value is -2.23. The van der Waals surface area contributed by atoms with Crippen LogP contribution in [-0.2, 0) is 10.0 Å². The molecule has 1 heterocycles. The van der Waals surface area contributed by atoms with E-state index in [1.165, 1.54) is 16.6 Å². The maximum atomic E-state index is 14.2. The lowest BCUT2D eigenvalue weighted by atomic mass is 10.1. The van der Waals surface area contributed by atoms with Gasteiger partial charge in [0.25, 0.3) is 5.91 Å². The van der Waals surface area contributed by atoms with Gasteiger partial charge < -0.3 is 9.73 Å². The summed E-state index contributed by atoms with van der Waals surface area (Å²) in [7, 11) is -0.130. The van der Waals surface area contributed by atoms with Crippen LogP contribution in [0.3, 0.4) is 0 Å². The first kappa shape index (κ1) is 22.1. The topological polar surface area (TPSA) is 82.9 Å². The summed E-state index contributed by atoms with van der Waals surface area (Å²) in [4.78, 5) is 14.3. The van der Waals surface area contributed by atoms with Crippen LogP contribution in [0.15, 0.2) is 45.9 Å². The number of hydrogen-bond acceptors (Lipinski definition) is 5. The van der Waals surface area contributed by atoms with Crippen molar-refractivity contribution in [2.45, 2.75) is 24.8 Å². The molecule has 0 spiro atoms. The minimum atomic E-state index is -3.79. The first-order valence-corrected chi connectivity index (χ1v) is 10.4. The molecule has 0 bridgehead atoms. The maximum Gasteiger partial charge on any atom is 0.254 e. The van der Waals surface area contributed by atoms with Crippen molar-refractivity contribution in [3.63, 3.8) is 0 Å². The minimum Gasteiger partial charge on any atom is -0.468 e. The van der Waals surface area contributed by atoms with Crippen LogP contribution in [0.1, 0.15) is 36.0 Å². The van der Waals surface area contributed by atoms with Crippen molar-refractivity contribution in [2.75, 3.05) is 33.7 Å². The fourth-order valence-corrected chi connectivity index (χ4v) is 4.34. The van der Waals surface area contributed by atoms with Crippen LogP contribution in [-0.4, -0.2) is 57.3 Å². The number of benzene rings is 1. The summed E-state index contributed by atoms with van der Waals surface area (Å²) in [6.45, 7) is 4.17. The molecule has 9 heteroatoms. The number of rotatable bonds is 9. The fraction of sp³-hybridized carbons (Fsp3) is 0.421. The third-order valence-electron chi connectivity index (χ3n) is 4.48. The first-order chi connectivity index (χ1) is 13.2. The number of amides is 1. The Bertz CT molecular complexity index is 894. The lowest BCUT2D eigenvalue weighted by molar-refractivity contribution is 0.0934. The van der Waals surface area contributed by atoms with Crippen molar-refractivity contribution < 1.29 is 22.0 Å². The molecule has 0 saturated heterocycles. The van der Waals surface area contributed by atoms with Crippen LogP contribution in [0.5, 0.6) is 0 Å². The Morgan fingerprint density at radius 3 is 2.43 bits per heavy atom. The zero-order valence-corrected chi connectivity index (χ0v) is 17.3. The van der Waals surface area contributed by atoms with E-state index >= 15 is 0 Å². The summed E-state index contributed by atoms with van der Waals surface area (Å²) in [5.74, 6) is -0.813. The van der Waals surface area contributed by atoms with Crippen LogP contribution in [0.25, 0.3) is 0 Å². The fourth-order valence-electron chi connectivity index (χ4n) is 2.85. The molecule has 0 aliphatic heterocycles. The summed E-state index contributed by atoms with van der Waals surface area (Å²) >= 11 is 0. The van der Waals surface area contributed by atoms with Crippen LogP contribution in [0, 0.1) is 5.82 Å². The molecule has 1 aromatic carbocycles. The van der Waals surface area contributed by atoms with E-state index in [1.54, 1.807) is 26.0 Å². The Morgan fingerprint density at radius 1 is 1.21 bits per heavy atom. The van der Waals surface area contributed by atoms with E-state index in [0.29, 0.717) is 5.76 Å². The van der Waals surface area contributed by atoms with Gasteiger partial charge in [-0.05, 0) is 44.4 Å². The lowest BCUT2D eigenvalue weighted by Gasteiger charge is -2.23. The van der Waals surface area contributed by atoms with E-state index in [0.717, 1.165) is 12.1 Å². The number of hydrogen-bond donors (Lipinski definition) is 1. The van der Waals surface area contributed by atoms with Crippen LogP contribution < -0.4 is 5.32 Å². The van der Waals surface area contributed by atoms with Crippen molar-refractivity contribution >= 4 is 15.9 Å². The van der Waals surface area contributed by atoms with Crippen molar-refractivity contribution in [1.82, 2.24) is 14.5 Å². The number of furan rings is 1. The van der Waals surface area contributed by atoms with Gasteiger partial charge in [-0.2, -0.15) is 4.31 Å². The molecule has 1 N–H and O–H groups in total. The quantitative estimate of drug-likeness (QED) is 0.686. The van der Waals surface area contributed by atoms with E-state index < -0.39 is 21.7 Å². The third kappa shape index (κ3) is 4.78. The molecule has 0 fully saturated rings. The van der Waals surface area contributed by atoms with Gasteiger partial charge >= 0.3 is 0 Å². The highest BCUT2D eigenvalue weighted by Gasteiger charge is 2.25. The second-order valence-electron chi connectivity index (χ2n) is 6.44. The van der Waals surface area contributed by atoms with Gasteiger partial charge in [-0.25, -0.2) is 12.8 Å². The minimum absolute atomic E-state index is 0.113. The Labute approximate surface area is 165 Å². The number of sulfonamides is 1. The largest absolute Gasteiger partial charge is 0.468 e. The number of carbonyl (C=O) groups is 1. The highest BCUT2D eigenvalue weighted by molar-refractivity contribution is 7.89. The smallest absolute Gasteiger partial charge is 0.254 e. The zero-order chi connectivity index (χ0) is 20.9. The molecule has 0 radical (unpaired) electrons. The van der Waals surface area contributed by atoms with Gasteiger partial charge in [0, 0.05) is 19.6 Å². The number of nitrogens with one attached hydrogen (secondary N) is 1. The van der Waals surface area contributed by atoms with Gasteiger partial charge in [-0.15, -0.1) is 0 Å². The highest BCUT2D eigenvalue weighted by atomic mass is 32.2. The molecule has 7 nitrogen and oxygen atoms in total. The van der Waals surface area contributed by atoms with Crippen molar-refractivity contribution in [3.8, 4) is 0 Å². The lowest BCUT2D eigenvalue weighted by Crippen LogP contribution is -2.35. The summed E-state index contributed by atoms with van der Waals surface area (Å²) in [6.07, 6.45) is 1.54. The SMILES string of the molecule is CCN(CC)S(=O)(=O)c1ccc(F)c(C(=O)NCC(c2ccco2)N(C)C)c1. The number of likely N-dealkylation sites (N-methyl/N-ethyl adjacent to an activating group) is 1. The van der Waals surface area contributed by atoms with Crippen molar-refractivity contribution in [2.24, 2.45) is 0 Å². The maximum absolute atomic E-state index is 14.2. The van der Waals surface area contributed by atoms with Gasteiger partial charge in [0.15, 0.2) is 0 Å². The summed E-state index contributed by atoms with van der Waals surface area (Å²) < 4.78 is 46.2. The van der Waals surface area contributed by atoms with E-state index in [2.05, 4.69) is 5.32 Å². The standard InChI is InChI=1S/C19H26FN3O4S/c1-5-23(6-2)28(25,26)14-9-10-16(20)15(12-14)19(24)21-13-17(22(3)4)18-8-7-11-27-18/h7-12,17H,5-6,13H2,1-4H3,(H,21,24). The van der Waals surface area contributed by atoms with E-state index in [9.17, 15) is 17.6 Å². The van der Waals surface area contributed by atoms with Crippen molar-refractivity contribution in [3.05, 3.63) is 53.7 Å². The molecular formula is C19H26FN3O4S. The Balaban J connectivity index is 2.24. The normalized spacial score (nSPS) is 13.1. The summed E-state index contributed by atoms with van der Waals surface area (Å²) in [5, 5.41) is 2.66. The van der Waals surface area contributed by atoms with Gasteiger partial charge in [0.2, 0.25) is 10.0 Å². The zero-order valence-electron chi connectivity index (χ0n) is 16.5. The molecular weight excluding hydrogens is 385 g/mol. The van der Waals surface area contributed by atoms with Gasteiger partial charge in [-0.1, -0.05) is 13.8 Å². The van der Waals surface area contributed by atoms with Crippen LogP contribution in [0.4, 0.5) is 4.39 Å². The van der Waals surface area contributed by atoms with Gasteiger partial charge in [0.05, 0.1) is 22.8 Å². The average molecular weight is 411 g/mol. The van der Waals surface area contributed by atoms with Crippen LogP contribution in [0.2, 0.25) is 0 Å². The second-order valence-corrected chi connectivity index (χ2v) is 8.37. The average Bonchev–Trinajstić information content (AvgIpc) is 3.16. The summed E-state index contributed by atoms with van der Waals surface area (Å²) in [6, 6.07) is 6.54. The molecule has 0 aliphatic rings. The molecule has 2 rings (SSSR count). The number of halogens is 1.